The van der Waals surface area contributed by atoms with Crippen LogP contribution in [0.5, 0.6) is 0 Å². The Bertz CT molecular complexity index is 323. The van der Waals surface area contributed by atoms with Crippen LogP contribution in [0.3, 0.4) is 0 Å². The van der Waals surface area contributed by atoms with Crippen LogP contribution in [0.1, 0.15) is 24.2 Å². The van der Waals surface area contributed by atoms with Gasteiger partial charge in [-0.1, -0.05) is 12.1 Å². The number of carbonyl (C=O) groups is 1. The summed E-state index contributed by atoms with van der Waals surface area (Å²) in [6.07, 6.45) is 0. The van der Waals surface area contributed by atoms with Gasteiger partial charge in [0, 0.05) is 17.3 Å². The number of benzene rings is 1. The zero-order chi connectivity index (χ0) is 10.6. The van der Waals surface area contributed by atoms with E-state index >= 15 is 0 Å². The molecule has 14 heavy (non-hydrogen) atoms. The Morgan fingerprint density at radius 2 is 2.07 bits per heavy atom. The van der Waals surface area contributed by atoms with E-state index in [0.717, 1.165) is 5.69 Å². The van der Waals surface area contributed by atoms with Crippen molar-refractivity contribution >= 4 is 23.1 Å². The molecule has 1 aromatic carbocycles. The van der Waals surface area contributed by atoms with Gasteiger partial charge in [-0.15, -0.1) is 11.6 Å². The minimum absolute atomic E-state index is 0.0246. The van der Waals surface area contributed by atoms with Gasteiger partial charge in [-0.25, -0.2) is 0 Å². The summed E-state index contributed by atoms with van der Waals surface area (Å²) in [4.78, 5) is 11.4. The molecule has 0 amide bonds. The number of para-hydroxylation sites is 1. The van der Waals surface area contributed by atoms with Crippen molar-refractivity contribution in [1.82, 2.24) is 0 Å². The molecule has 1 aromatic rings. The average Bonchev–Trinajstić information content (AvgIpc) is 2.16. The van der Waals surface area contributed by atoms with Gasteiger partial charge in [0.1, 0.15) is 0 Å². The van der Waals surface area contributed by atoms with Crippen LogP contribution in [0, 0.1) is 0 Å². The zero-order valence-electron chi connectivity index (χ0n) is 8.38. The van der Waals surface area contributed by atoms with Crippen LogP contribution < -0.4 is 5.32 Å². The van der Waals surface area contributed by atoms with Gasteiger partial charge < -0.3 is 5.32 Å². The largest absolute Gasteiger partial charge is 0.382 e. The Kier molecular flexibility index (Phi) is 3.96. The number of hydrogen-bond donors (Lipinski definition) is 1. The first kappa shape index (κ1) is 11.1. The van der Waals surface area contributed by atoms with Crippen LogP contribution in [0.15, 0.2) is 24.3 Å². The highest BCUT2D eigenvalue weighted by Gasteiger charge is 2.09. The highest BCUT2D eigenvalue weighted by atomic mass is 35.5. The molecule has 0 aliphatic rings. The molecule has 0 atom stereocenters. The number of nitrogens with one attached hydrogen (secondary N) is 1. The van der Waals surface area contributed by atoms with E-state index in [4.69, 9.17) is 11.6 Å². The molecule has 0 aromatic heterocycles. The number of carbonyl (C=O) groups excluding carboxylic acids is 1. The third kappa shape index (κ3) is 2.74. The molecule has 0 aliphatic carbocycles. The van der Waals surface area contributed by atoms with E-state index in [-0.39, 0.29) is 11.7 Å². The van der Waals surface area contributed by atoms with Gasteiger partial charge in [-0.2, -0.15) is 0 Å². The predicted molar refractivity (Wildman–Crippen MR) is 60.3 cm³/mol. The molecular formula is C11H14ClNO. The van der Waals surface area contributed by atoms with E-state index in [0.29, 0.717) is 11.6 Å². The molecule has 76 valence electrons. The van der Waals surface area contributed by atoms with E-state index in [9.17, 15) is 4.79 Å². The number of rotatable bonds is 4. The summed E-state index contributed by atoms with van der Waals surface area (Å²) >= 11 is 5.52. The van der Waals surface area contributed by atoms with Crippen LogP contribution in [0.25, 0.3) is 0 Å². The first-order chi connectivity index (χ1) is 6.65. The van der Waals surface area contributed by atoms with Crippen molar-refractivity contribution in [2.24, 2.45) is 0 Å². The molecule has 2 nitrogen and oxygen atoms in total. The first-order valence-corrected chi connectivity index (χ1v) is 5.13. The fraction of sp³-hybridized carbons (Fsp3) is 0.364. The van der Waals surface area contributed by atoms with Crippen LogP contribution in [-0.2, 0) is 0 Å². The molecule has 0 bridgehead atoms. The van der Waals surface area contributed by atoms with Crippen molar-refractivity contribution in [3.05, 3.63) is 29.8 Å². The average molecular weight is 212 g/mol. The standard InChI is InChI=1S/C11H14ClNO/c1-8(2)13-10-6-4-3-5-9(10)11(14)7-12/h3-6,8,13H,7H2,1-2H3. The lowest BCUT2D eigenvalue weighted by molar-refractivity contribution is 0.102. The maximum Gasteiger partial charge on any atom is 0.179 e. The molecule has 0 saturated carbocycles. The molecular weight excluding hydrogens is 198 g/mol. The molecule has 3 heteroatoms. The number of halogens is 1. The smallest absolute Gasteiger partial charge is 0.179 e. The lowest BCUT2D eigenvalue weighted by atomic mass is 10.1. The molecule has 0 heterocycles. The fourth-order valence-corrected chi connectivity index (χ4v) is 1.38. The third-order valence-corrected chi connectivity index (χ3v) is 2.04. The summed E-state index contributed by atoms with van der Waals surface area (Å²) in [7, 11) is 0. The summed E-state index contributed by atoms with van der Waals surface area (Å²) in [6, 6.07) is 7.72. The third-order valence-electron chi connectivity index (χ3n) is 1.79. The van der Waals surface area contributed by atoms with Crippen LogP contribution >= 0.6 is 11.6 Å². The summed E-state index contributed by atoms with van der Waals surface area (Å²) in [6.45, 7) is 4.06. The Hall–Kier alpha value is -1.02. The molecule has 0 fully saturated rings. The van der Waals surface area contributed by atoms with Crippen molar-refractivity contribution < 1.29 is 4.79 Å². The minimum Gasteiger partial charge on any atom is -0.382 e. The number of anilines is 1. The van der Waals surface area contributed by atoms with Crippen LogP contribution in [0.4, 0.5) is 5.69 Å². The Labute approximate surface area is 89.3 Å². The number of hydrogen-bond acceptors (Lipinski definition) is 2. The second-order valence-electron chi connectivity index (χ2n) is 3.40. The van der Waals surface area contributed by atoms with E-state index in [1.54, 1.807) is 6.07 Å². The topological polar surface area (TPSA) is 29.1 Å². The second kappa shape index (κ2) is 5.01. The predicted octanol–water partition coefficient (Wildman–Crippen LogP) is 2.93. The second-order valence-corrected chi connectivity index (χ2v) is 3.67. The van der Waals surface area contributed by atoms with Crippen molar-refractivity contribution in [3.8, 4) is 0 Å². The van der Waals surface area contributed by atoms with Gasteiger partial charge in [-0.05, 0) is 26.0 Å². The van der Waals surface area contributed by atoms with Crippen molar-refractivity contribution in [3.63, 3.8) is 0 Å². The highest BCUT2D eigenvalue weighted by molar-refractivity contribution is 6.31. The normalized spacial score (nSPS) is 10.3. The van der Waals surface area contributed by atoms with E-state index in [2.05, 4.69) is 5.32 Å². The molecule has 0 unspecified atom stereocenters. The molecule has 0 aliphatic heterocycles. The van der Waals surface area contributed by atoms with E-state index in [1.807, 2.05) is 32.0 Å². The van der Waals surface area contributed by atoms with Gasteiger partial charge in [0.25, 0.3) is 0 Å². The van der Waals surface area contributed by atoms with Crippen molar-refractivity contribution in [2.45, 2.75) is 19.9 Å². The fourth-order valence-electron chi connectivity index (χ4n) is 1.24. The Balaban J connectivity index is 2.97. The Morgan fingerprint density at radius 1 is 1.43 bits per heavy atom. The van der Waals surface area contributed by atoms with Gasteiger partial charge in [0.05, 0.1) is 5.88 Å². The minimum atomic E-state index is -0.0459. The summed E-state index contributed by atoms with van der Waals surface area (Å²) in [5.74, 6) is -0.0213. The zero-order valence-corrected chi connectivity index (χ0v) is 9.14. The molecule has 0 spiro atoms. The molecule has 1 rings (SSSR count). The quantitative estimate of drug-likeness (QED) is 0.613. The van der Waals surface area contributed by atoms with E-state index < -0.39 is 0 Å². The molecule has 0 radical (unpaired) electrons. The lowest BCUT2D eigenvalue weighted by Crippen LogP contribution is -2.13. The van der Waals surface area contributed by atoms with Crippen LogP contribution in [-0.4, -0.2) is 17.7 Å². The number of ketones is 1. The SMILES string of the molecule is CC(C)Nc1ccccc1C(=O)CCl. The summed E-state index contributed by atoms with van der Waals surface area (Å²) < 4.78 is 0. The van der Waals surface area contributed by atoms with Crippen LogP contribution in [0.2, 0.25) is 0 Å². The number of Topliss-reactive ketones (excluding diaryl/α,β-unsaturated/α-hetero) is 1. The van der Waals surface area contributed by atoms with Gasteiger partial charge in [-0.3, -0.25) is 4.79 Å². The van der Waals surface area contributed by atoms with Gasteiger partial charge in [0.15, 0.2) is 5.78 Å². The molecule has 1 N–H and O–H groups in total. The number of alkyl halides is 1. The summed E-state index contributed by atoms with van der Waals surface area (Å²) in [5.41, 5.74) is 1.52. The summed E-state index contributed by atoms with van der Waals surface area (Å²) in [5, 5.41) is 3.21. The highest BCUT2D eigenvalue weighted by Crippen LogP contribution is 2.16. The Morgan fingerprint density at radius 3 is 2.64 bits per heavy atom. The van der Waals surface area contributed by atoms with Gasteiger partial charge >= 0.3 is 0 Å². The van der Waals surface area contributed by atoms with E-state index in [1.165, 1.54) is 0 Å². The van der Waals surface area contributed by atoms with Gasteiger partial charge in [0.2, 0.25) is 0 Å². The maximum atomic E-state index is 11.4. The lowest BCUT2D eigenvalue weighted by Gasteiger charge is -2.13. The molecule has 0 saturated heterocycles. The first-order valence-electron chi connectivity index (χ1n) is 4.60. The maximum absolute atomic E-state index is 11.4. The van der Waals surface area contributed by atoms with Crippen molar-refractivity contribution in [2.75, 3.05) is 11.2 Å². The monoisotopic (exact) mass is 211 g/mol. The van der Waals surface area contributed by atoms with Crippen molar-refractivity contribution in [1.29, 1.82) is 0 Å².